The summed E-state index contributed by atoms with van der Waals surface area (Å²) >= 11 is 4.69. The summed E-state index contributed by atoms with van der Waals surface area (Å²) < 4.78 is 0.932. The molecule has 1 saturated carbocycles. The monoisotopic (exact) mass is 286 g/mol. The van der Waals surface area contributed by atoms with Crippen LogP contribution in [0.4, 0.5) is 0 Å². The first kappa shape index (κ1) is 11.0. The smallest absolute Gasteiger partial charge is 0.180 e. The Morgan fingerprint density at radius 2 is 2.13 bits per heavy atom. The minimum atomic E-state index is -0.0393. The Kier molecular flexibility index (Phi) is 3.36. The maximum atomic E-state index is 11.7. The van der Waals surface area contributed by atoms with Crippen LogP contribution in [0.1, 0.15) is 35.4 Å². The van der Waals surface area contributed by atoms with E-state index in [2.05, 4.69) is 15.9 Å². The highest BCUT2D eigenvalue weighted by atomic mass is 79.9. The van der Waals surface area contributed by atoms with Crippen molar-refractivity contribution in [2.24, 2.45) is 5.92 Å². The lowest BCUT2D eigenvalue weighted by molar-refractivity contribution is -0.124. The third kappa shape index (κ3) is 2.55. The first-order valence-corrected chi connectivity index (χ1v) is 6.59. The number of carbonyl (C=O) groups excluding carboxylic acids is 2. The number of carbonyl (C=O) groups is 2. The van der Waals surface area contributed by atoms with Gasteiger partial charge in [0.25, 0.3) is 0 Å². The van der Waals surface area contributed by atoms with Gasteiger partial charge in [-0.2, -0.15) is 0 Å². The predicted molar refractivity (Wildman–Crippen MR) is 63.3 cm³/mol. The van der Waals surface area contributed by atoms with E-state index in [1.807, 2.05) is 6.07 Å². The Morgan fingerprint density at radius 3 is 2.60 bits per heavy atom. The highest BCUT2D eigenvalue weighted by Gasteiger charge is 2.27. The molecule has 80 valence electrons. The van der Waals surface area contributed by atoms with E-state index in [0.717, 1.165) is 23.0 Å². The van der Waals surface area contributed by atoms with E-state index in [-0.39, 0.29) is 23.9 Å². The zero-order chi connectivity index (χ0) is 10.8. The van der Waals surface area contributed by atoms with Crippen molar-refractivity contribution in [1.29, 1.82) is 0 Å². The molecule has 0 unspecified atom stereocenters. The van der Waals surface area contributed by atoms with Gasteiger partial charge in [0.2, 0.25) is 0 Å². The minimum Gasteiger partial charge on any atom is -0.299 e. The van der Waals surface area contributed by atoms with Crippen LogP contribution >= 0.6 is 27.3 Å². The van der Waals surface area contributed by atoms with Crippen LogP contribution in [0.3, 0.4) is 0 Å². The van der Waals surface area contributed by atoms with Gasteiger partial charge in [0, 0.05) is 5.92 Å². The van der Waals surface area contributed by atoms with E-state index >= 15 is 0 Å². The van der Waals surface area contributed by atoms with Crippen LogP contribution in [0, 0.1) is 5.92 Å². The Balaban J connectivity index is 1.94. The molecule has 0 spiro atoms. The summed E-state index contributed by atoms with van der Waals surface area (Å²) in [5, 5.41) is 0. The van der Waals surface area contributed by atoms with Crippen LogP contribution in [-0.4, -0.2) is 11.6 Å². The molecule has 0 aromatic carbocycles. The molecule has 0 bridgehead atoms. The molecule has 1 aliphatic rings. The van der Waals surface area contributed by atoms with Crippen molar-refractivity contribution in [3.63, 3.8) is 0 Å². The quantitative estimate of drug-likeness (QED) is 0.628. The molecule has 0 radical (unpaired) electrons. The van der Waals surface area contributed by atoms with Gasteiger partial charge >= 0.3 is 0 Å². The molecule has 2 nitrogen and oxygen atoms in total. The van der Waals surface area contributed by atoms with Gasteiger partial charge in [0.05, 0.1) is 15.1 Å². The second-order valence-electron chi connectivity index (χ2n) is 3.80. The summed E-state index contributed by atoms with van der Waals surface area (Å²) in [6, 6.07) is 3.61. The number of rotatable bonds is 4. The van der Waals surface area contributed by atoms with Gasteiger partial charge in [-0.25, -0.2) is 0 Å². The number of Topliss-reactive ketones (excluding diaryl/α,β-unsaturated/α-hetero) is 2. The summed E-state index contributed by atoms with van der Waals surface area (Å²) in [4.78, 5) is 23.9. The van der Waals surface area contributed by atoms with Crippen molar-refractivity contribution in [3.05, 3.63) is 20.8 Å². The highest BCUT2D eigenvalue weighted by Crippen LogP contribution is 2.29. The van der Waals surface area contributed by atoms with E-state index < -0.39 is 0 Å². The van der Waals surface area contributed by atoms with Crippen molar-refractivity contribution in [2.45, 2.75) is 25.7 Å². The molecule has 1 aliphatic carbocycles. The molecule has 1 heterocycles. The molecule has 0 amide bonds. The van der Waals surface area contributed by atoms with Gasteiger partial charge < -0.3 is 0 Å². The predicted octanol–water partition coefficient (Wildman–Crippen LogP) is 3.45. The minimum absolute atomic E-state index is 0.0393. The van der Waals surface area contributed by atoms with E-state index in [0.29, 0.717) is 4.88 Å². The molecule has 0 aliphatic heterocycles. The maximum absolute atomic E-state index is 11.7. The number of hydrogen-bond acceptors (Lipinski definition) is 3. The van der Waals surface area contributed by atoms with Crippen LogP contribution < -0.4 is 0 Å². The fourth-order valence-electron chi connectivity index (χ4n) is 1.58. The number of halogens is 1. The van der Waals surface area contributed by atoms with Crippen molar-refractivity contribution in [2.75, 3.05) is 0 Å². The standard InChI is InChI=1S/C11H11BrO2S/c12-11-5-4-10(15-11)9(14)6-8(13)7-2-1-3-7/h4-5,7H,1-3,6H2. The highest BCUT2D eigenvalue weighted by molar-refractivity contribution is 9.11. The summed E-state index contributed by atoms with van der Waals surface area (Å²) in [6.07, 6.45) is 3.16. The molecule has 1 fully saturated rings. The average molecular weight is 287 g/mol. The Labute approximate surface area is 101 Å². The number of ketones is 2. The Hall–Kier alpha value is -0.480. The van der Waals surface area contributed by atoms with Crippen LogP contribution in [0.5, 0.6) is 0 Å². The van der Waals surface area contributed by atoms with Crippen LogP contribution in [-0.2, 0) is 4.79 Å². The number of thiophene rings is 1. The van der Waals surface area contributed by atoms with Gasteiger partial charge in [0.1, 0.15) is 5.78 Å². The molecule has 2 rings (SSSR count). The van der Waals surface area contributed by atoms with Crippen molar-refractivity contribution in [3.8, 4) is 0 Å². The van der Waals surface area contributed by atoms with Crippen molar-refractivity contribution in [1.82, 2.24) is 0 Å². The van der Waals surface area contributed by atoms with E-state index in [4.69, 9.17) is 0 Å². The molecule has 0 saturated heterocycles. The molecule has 0 N–H and O–H groups in total. The van der Waals surface area contributed by atoms with Crippen molar-refractivity contribution >= 4 is 38.8 Å². The van der Waals surface area contributed by atoms with Gasteiger partial charge in [-0.1, -0.05) is 6.42 Å². The lowest BCUT2D eigenvalue weighted by atomic mass is 9.80. The van der Waals surface area contributed by atoms with Crippen LogP contribution in [0.25, 0.3) is 0 Å². The van der Waals surface area contributed by atoms with Crippen LogP contribution in [0.15, 0.2) is 15.9 Å². The zero-order valence-electron chi connectivity index (χ0n) is 8.16. The zero-order valence-corrected chi connectivity index (χ0v) is 10.6. The van der Waals surface area contributed by atoms with Gasteiger partial charge in [0.15, 0.2) is 5.78 Å². The summed E-state index contributed by atoms with van der Waals surface area (Å²) in [5.74, 6) is 0.246. The maximum Gasteiger partial charge on any atom is 0.180 e. The fraction of sp³-hybridized carbons (Fsp3) is 0.455. The Bertz CT molecular complexity index is 393. The number of hydrogen-bond donors (Lipinski definition) is 0. The first-order chi connectivity index (χ1) is 7.16. The van der Waals surface area contributed by atoms with E-state index in [9.17, 15) is 9.59 Å². The average Bonchev–Trinajstić information content (AvgIpc) is 2.48. The second kappa shape index (κ2) is 4.58. The third-order valence-electron chi connectivity index (χ3n) is 2.74. The molecule has 1 aromatic heterocycles. The van der Waals surface area contributed by atoms with Gasteiger partial charge in [-0.15, -0.1) is 11.3 Å². The summed E-state index contributed by atoms with van der Waals surface area (Å²) in [6.45, 7) is 0. The SMILES string of the molecule is O=C(CC(=O)C1CCC1)c1ccc(Br)s1. The molecule has 4 heteroatoms. The fourth-order valence-corrected chi connectivity index (χ4v) is 2.91. The van der Waals surface area contributed by atoms with Gasteiger partial charge in [-0.3, -0.25) is 9.59 Å². The lowest BCUT2D eigenvalue weighted by Crippen LogP contribution is -2.23. The van der Waals surface area contributed by atoms with E-state index in [1.165, 1.54) is 11.3 Å². The molecule has 0 atom stereocenters. The first-order valence-electron chi connectivity index (χ1n) is 4.98. The van der Waals surface area contributed by atoms with E-state index in [1.54, 1.807) is 6.07 Å². The molecule has 15 heavy (non-hydrogen) atoms. The van der Waals surface area contributed by atoms with Crippen molar-refractivity contribution < 1.29 is 9.59 Å². The second-order valence-corrected chi connectivity index (χ2v) is 6.26. The topological polar surface area (TPSA) is 34.1 Å². The largest absolute Gasteiger partial charge is 0.299 e. The van der Waals surface area contributed by atoms with Gasteiger partial charge in [-0.05, 0) is 40.9 Å². The Morgan fingerprint density at radius 1 is 1.40 bits per heavy atom. The molecular weight excluding hydrogens is 276 g/mol. The molecular formula is C11H11BrO2S. The lowest BCUT2D eigenvalue weighted by Gasteiger charge is -2.23. The molecule has 1 aromatic rings. The summed E-state index contributed by atoms with van der Waals surface area (Å²) in [7, 11) is 0. The third-order valence-corrected chi connectivity index (χ3v) is 4.41. The summed E-state index contributed by atoms with van der Waals surface area (Å²) in [5.41, 5.74) is 0. The normalized spacial score (nSPS) is 16.1. The van der Waals surface area contributed by atoms with Crippen LogP contribution in [0.2, 0.25) is 0 Å².